The molecular formula is C21H20N2O5S2. The van der Waals surface area contributed by atoms with Gasteiger partial charge in [0, 0.05) is 0 Å². The molecular weight excluding hydrogens is 424 g/mol. The van der Waals surface area contributed by atoms with Crippen LogP contribution in [0.5, 0.6) is 23.0 Å². The van der Waals surface area contributed by atoms with Crippen LogP contribution in [0.4, 0.5) is 0 Å². The first-order valence-corrected chi connectivity index (χ1v) is 9.99. The SMILES string of the molecule is COc1ccc(/C=C2\SC(=S)N(/N=C/c3ccc(OC)c(OC)c3)C2=O)cc1OC. The molecule has 0 aliphatic carbocycles. The van der Waals surface area contributed by atoms with Gasteiger partial charge in [0.25, 0.3) is 5.91 Å². The van der Waals surface area contributed by atoms with Crippen molar-refractivity contribution in [1.29, 1.82) is 0 Å². The summed E-state index contributed by atoms with van der Waals surface area (Å²) in [5, 5.41) is 5.45. The molecule has 1 aliphatic rings. The largest absolute Gasteiger partial charge is 0.493 e. The van der Waals surface area contributed by atoms with Gasteiger partial charge >= 0.3 is 0 Å². The number of rotatable bonds is 7. The average molecular weight is 445 g/mol. The normalized spacial score (nSPS) is 15.2. The van der Waals surface area contributed by atoms with Gasteiger partial charge in [-0.25, -0.2) is 0 Å². The van der Waals surface area contributed by atoms with E-state index in [-0.39, 0.29) is 5.91 Å². The molecule has 0 spiro atoms. The van der Waals surface area contributed by atoms with Crippen LogP contribution < -0.4 is 18.9 Å². The summed E-state index contributed by atoms with van der Waals surface area (Å²) in [7, 11) is 6.25. The highest BCUT2D eigenvalue weighted by molar-refractivity contribution is 8.26. The molecule has 0 aromatic heterocycles. The third-order valence-electron chi connectivity index (χ3n) is 4.21. The molecule has 9 heteroatoms. The van der Waals surface area contributed by atoms with Gasteiger partial charge in [-0.2, -0.15) is 10.1 Å². The van der Waals surface area contributed by atoms with E-state index in [0.29, 0.717) is 32.2 Å². The monoisotopic (exact) mass is 444 g/mol. The number of nitrogens with zero attached hydrogens (tertiary/aromatic N) is 2. The van der Waals surface area contributed by atoms with Crippen molar-refractivity contribution >= 4 is 46.5 Å². The Balaban J connectivity index is 1.81. The van der Waals surface area contributed by atoms with Crippen LogP contribution in [0, 0.1) is 0 Å². The quantitative estimate of drug-likeness (QED) is 0.364. The number of amides is 1. The Morgan fingerprint density at radius 1 is 0.867 bits per heavy atom. The minimum atomic E-state index is -0.295. The summed E-state index contributed by atoms with van der Waals surface area (Å²) in [6, 6.07) is 10.7. The summed E-state index contributed by atoms with van der Waals surface area (Å²) in [5.41, 5.74) is 1.53. The maximum absolute atomic E-state index is 12.8. The molecule has 3 rings (SSSR count). The molecule has 1 amide bonds. The van der Waals surface area contributed by atoms with Crippen molar-refractivity contribution in [1.82, 2.24) is 5.01 Å². The molecule has 0 saturated carbocycles. The first-order valence-electron chi connectivity index (χ1n) is 8.76. The molecule has 2 aromatic carbocycles. The number of hydrogen-bond donors (Lipinski definition) is 0. The van der Waals surface area contributed by atoms with Crippen molar-refractivity contribution < 1.29 is 23.7 Å². The fourth-order valence-electron chi connectivity index (χ4n) is 2.71. The highest BCUT2D eigenvalue weighted by Gasteiger charge is 2.32. The summed E-state index contributed by atoms with van der Waals surface area (Å²) in [5.74, 6) is 2.07. The van der Waals surface area contributed by atoms with Crippen LogP contribution in [0.2, 0.25) is 0 Å². The summed E-state index contributed by atoms with van der Waals surface area (Å²) in [6.07, 6.45) is 3.29. The number of benzene rings is 2. The molecule has 1 saturated heterocycles. The van der Waals surface area contributed by atoms with Crippen molar-refractivity contribution in [3.05, 3.63) is 52.4 Å². The summed E-state index contributed by atoms with van der Waals surface area (Å²) >= 11 is 6.51. The number of methoxy groups -OCH3 is 4. The molecule has 0 unspecified atom stereocenters. The van der Waals surface area contributed by atoms with Gasteiger partial charge in [0.05, 0.1) is 39.6 Å². The van der Waals surface area contributed by atoms with E-state index in [9.17, 15) is 4.79 Å². The molecule has 1 aliphatic heterocycles. The molecule has 1 fully saturated rings. The first kappa shape index (κ1) is 21.7. The zero-order valence-corrected chi connectivity index (χ0v) is 18.5. The molecule has 156 valence electrons. The van der Waals surface area contributed by atoms with Crippen LogP contribution in [0.15, 0.2) is 46.4 Å². The van der Waals surface area contributed by atoms with Crippen molar-refractivity contribution in [2.24, 2.45) is 5.10 Å². The van der Waals surface area contributed by atoms with Crippen LogP contribution in [0.1, 0.15) is 11.1 Å². The molecule has 0 atom stereocenters. The molecule has 1 heterocycles. The number of thioether (sulfide) groups is 1. The molecule has 7 nitrogen and oxygen atoms in total. The van der Waals surface area contributed by atoms with Gasteiger partial charge in [0.1, 0.15) is 0 Å². The molecule has 0 N–H and O–H groups in total. The second-order valence-corrected chi connectivity index (χ2v) is 7.64. The number of carbonyl (C=O) groups is 1. The standard InChI is InChI=1S/C21H20N2O5S2/c1-25-15-7-5-13(9-17(15)27-3)11-19-20(24)23(21(29)30-19)22-12-14-6-8-16(26-2)18(10-14)28-4/h5-12H,1-4H3/b19-11-,22-12+. The van der Waals surface area contributed by atoms with Crippen molar-refractivity contribution in [3.63, 3.8) is 0 Å². The van der Waals surface area contributed by atoms with E-state index in [1.54, 1.807) is 65.0 Å². The summed E-state index contributed by atoms with van der Waals surface area (Å²) in [4.78, 5) is 13.2. The predicted octanol–water partition coefficient (Wildman–Crippen LogP) is 3.96. The fraction of sp³-hybridized carbons (Fsp3) is 0.190. The first-order chi connectivity index (χ1) is 14.5. The minimum absolute atomic E-state index is 0.295. The van der Waals surface area contributed by atoms with Crippen molar-refractivity contribution in [2.75, 3.05) is 28.4 Å². The maximum Gasteiger partial charge on any atom is 0.286 e. The van der Waals surface area contributed by atoms with Gasteiger partial charge in [0.2, 0.25) is 0 Å². The van der Waals surface area contributed by atoms with E-state index in [0.717, 1.165) is 11.1 Å². The lowest BCUT2D eigenvalue weighted by Crippen LogP contribution is -2.22. The molecule has 0 bridgehead atoms. The second-order valence-electron chi connectivity index (χ2n) is 5.97. The molecule has 30 heavy (non-hydrogen) atoms. The van der Waals surface area contributed by atoms with E-state index in [1.165, 1.54) is 16.8 Å². The Kier molecular flexibility index (Phi) is 6.96. The summed E-state index contributed by atoms with van der Waals surface area (Å²) < 4.78 is 21.4. The Hall–Kier alpha value is -3.04. The Morgan fingerprint density at radius 3 is 1.97 bits per heavy atom. The molecule has 2 aromatic rings. The smallest absolute Gasteiger partial charge is 0.286 e. The lowest BCUT2D eigenvalue weighted by atomic mass is 10.2. The van der Waals surface area contributed by atoms with E-state index < -0.39 is 0 Å². The third-order valence-corrected chi connectivity index (χ3v) is 5.49. The van der Waals surface area contributed by atoms with Crippen LogP contribution in [-0.4, -0.2) is 49.9 Å². The zero-order chi connectivity index (χ0) is 21.7. The minimum Gasteiger partial charge on any atom is -0.493 e. The van der Waals surface area contributed by atoms with Crippen LogP contribution in [0.25, 0.3) is 6.08 Å². The third kappa shape index (κ3) is 4.58. The van der Waals surface area contributed by atoms with E-state index >= 15 is 0 Å². The summed E-state index contributed by atoms with van der Waals surface area (Å²) in [6.45, 7) is 0. The predicted molar refractivity (Wildman–Crippen MR) is 122 cm³/mol. The van der Waals surface area contributed by atoms with Gasteiger partial charge in [-0.15, -0.1) is 0 Å². The Morgan fingerprint density at radius 2 is 1.40 bits per heavy atom. The number of hydrazone groups is 1. The number of carbonyl (C=O) groups excluding carboxylic acids is 1. The number of hydrogen-bond acceptors (Lipinski definition) is 8. The van der Waals surface area contributed by atoms with Crippen molar-refractivity contribution in [3.8, 4) is 23.0 Å². The lowest BCUT2D eigenvalue weighted by Gasteiger charge is -2.09. The number of thiocarbonyl (C=S) groups is 1. The average Bonchev–Trinajstić information content (AvgIpc) is 3.04. The Labute approximate surface area is 184 Å². The molecule has 0 radical (unpaired) electrons. The van der Waals surface area contributed by atoms with E-state index in [1.807, 2.05) is 12.1 Å². The maximum atomic E-state index is 12.8. The van der Waals surface area contributed by atoms with Gasteiger partial charge < -0.3 is 18.9 Å². The van der Waals surface area contributed by atoms with E-state index in [4.69, 9.17) is 31.2 Å². The second kappa shape index (κ2) is 9.64. The highest BCUT2D eigenvalue weighted by Crippen LogP contribution is 2.35. The van der Waals surface area contributed by atoms with E-state index in [2.05, 4.69) is 5.10 Å². The number of ether oxygens (including phenoxy) is 4. The van der Waals surface area contributed by atoms with Gasteiger partial charge in [-0.3, -0.25) is 4.79 Å². The Bertz CT molecular complexity index is 1040. The van der Waals surface area contributed by atoms with Crippen LogP contribution >= 0.6 is 24.0 Å². The van der Waals surface area contributed by atoms with Crippen molar-refractivity contribution in [2.45, 2.75) is 0 Å². The fourth-order valence-corrected chi connectivity index (χ4v) is 3.88. The topological polar surface area (TPSA) is 69.6 Å². The van der Waals surface area contributed by atoms with Gasteiger partial charge in [-0.1, -0.05) is 17.8 Å². The zero-order valence-electron chi connectivity index (χ0n) is 16.9. The van der Waals surface area contributed by atoms with Gasteiger partial charge in [0.15, 0.2) is 27.3 Å². The van der Waals surface area contributed by atoms with Crippen LogP contribution in [-0.2, 0) is 4.79 Å². The van der Waals surface area contributed by atoms with Gasteiger partial charge in [-0.05, 0) is 59.8 Å². The highest BCUT2D eigenvalue weighted by atomic mass is 32.2. The van der Waals surface area contributed by atoms with Crippen LogP contribution in [0.3, 0.4) is 0 Å². The lowest BCUT2D eigenvalue weighted by molar-refractivity contribution is -0.122.